The van der Waals surface area contributed by atoms with Gasteiger partial charge < -0.3 is 10.2 Å². The molecule has 0 spiro atoms. The lowest BCUT2D eigenvalue weighted by atomic mass is 10.2. The van der Waals surface area contributed by atoms with Crippen molar-refractivity contribution in [1.82, 2.24) is 15.2 Å². The largest absolute Gasteiger partial charge is 0.354 e. The van der Waals surface area contributed by atoms with Gasteiger partial charge in [-0.25, -0.2) is 4.98 Å². The molecule has 1 aliphatic heterocycles. The molecule has 0 bridgehead atoms. The summed E-state index contributed by atoms with van der Waals surface area (Å²) in [6, 6.07) is 4.68. The fourth-order valence-electron chi connectivity index (χ4n) is 2.67. The van der Waals surface area contributed by atoms with Gasteiger partial charge in [0.15, 0.2) is 0 Å². The molecule has 1 atom stereocenters. The normalized spacial score (nSPS) is 18.0. The minimum absolute atomic E-state index is 0.676. The smallest absolute Gasteiger partial charge is 0.129 e. The van der Waals surface area contributed by atoms with E-state index in [0.29, 0.717) is 6.04 Å². The average Bonchev–Trinajstić information content (AvgIpc) is 2.53. The van der Waals surface area contributed by atoms with Gasteiger partial charge in [-0.15, -0.1) is 0 Å². The van der Waals surface area contributed by atoms with Crippen LogP contribution < -0.4 is 10.2 Å². The highest BCUT2D eigenvalue weighted by Gasteiger charge is 2.21. The molecule has 0 radical (unpaired) electrons. The number of piperazine rings is 1. The van der Waals surface area contributed by atoms with Crippen LogP contribution in [0.5, 0.6) is 0 Å². The van der Waals surface area contributed by atoms with Crippen LogP contribution in [0.2, 0.25) is 5.02 Å². The predicted molar refractivity (Wildman–Crippen MR) is 90.2 cm³/mol. The molecule has 1 unspecified atom stereocenters. The first-order valence-electron chi connectivity index (χ1n) is 8.00. The number of hydrogen-bond acceptors (Lipinski definition) is 4. The molecular formula is C16H27ClN4. The summed E-state index contributed by atoms with van der Waals surface area (Å²) in [5, 5.41) is 4.04. The number of hydrogen-bond donors (Lipinski definition) is 1. The Morgan fingerprint density at radius 3 is 2.57 bits per heavy atom. The van der Waals surface area contributed by atoms with Crippen LogP contribution in [0.1, 0.15) is 32.9 Å². The number of aromatic nitrogens is 1. The van der Waals surface area contributed by atoms with E-state index >= 15 is 0 Å². The first kappa shape index (κ1) is 16.5. The maximum atomic E-state index is 6.23. The van der Waals surface area contributed by atoms with Gasteiger partial charge in [-0.05, 0) is 32.0 Å². The Hall–Kier alpha value is -0.840. The van der Waals surface area contributed by atoms with Gasteiger partial charge in [0.05, 0.1) is 10.7 Å². The standard InChI is InChI=1S/C16H27ClN4/c1-4-13(3)20-8-10-21(11-9-20)16-7-6-14(17)15(19-16)12-18-5-2/h6-7,13,18H,4-5,8-12H2,1-3H3. The molecule has 4 nitrogen and oxygen atoms in total. The van der Waals surface area contributed by atoms with E-state index in [0.717, 1.165) is 55.8 Å². The second kappa shape index (κ2) is 7.97. The number of nitrogens with zero attached hydrogens (tertiary/aromatic N) is 3. The highest BCUT2D eigenvalue weighted by atomic mass is 35.5. The molecule has 2 rings (SSSR count). The van der Waals surface area contributed by atoms with Crippen LogP contribution in [0.3, 0.4) is 0 Å². The minimum Gasteiger partial charge on any atom is -0.354 e. The molecule has 1 aromatic heterocycles. The number of anilines is 1. The summed E-state index contributed by atoms with van der Waals surface area (Å²) in [6.45, 7) is 12.6. The summed E-state index contributed by atoms with van der Waals surface area (Å²) in [5.41, 5.74) is 0.945. The highest BCUT2D eigenvalue weighted by molar-refractivity contribution is 6.31. The van der Waals surface area contributed by atoms with Gasteiger partial charge in [0.25, 0.3) is 0 Å². The summed E-state index contributed by atoms with van der Waals surface area (Å²) < 4.78 is 0. The predicted octanol–water partition coefficient (Wildman–Crippen LogP) is 2.77. The third-order valence-corrected chi connectivity index (χ3v) is 4.64. The van der Waals surface area contributed by atoms with E-state index < -0.39 is 0 Å². The first-order valence-corrected chi connectivity index (χ1v) is 8.38. The van der Waals surface area contributed by atoms with Gasteiger partial charge >= 0.3 is 0 Å². The lowest BCUT2D eigenvalue weighted by Crippen LogP contribution is -2.49. The van der Waals surface area contributed by atoms with Crippen LogP contribution in [-0.2, 0) is 6.54 Å². The van der Waals surface area contributed by atoms with Crippen LogP contribution >= 0.6 is 11.6 Å². The summed E-state index contributed by atoms with van der Waals surface area (Å²) in [4.78, 5) is 9.66. The quantitative estimate of drug-likeness (QED) is 0.875. The van der Waals surface area contributed by atoms with Crippen molar-refractivity contribution < 1.29 is 0 Å². The van der Waals surface area contributed by atoms with E-state index in [2.05, 4.69) is 35.9 Å². The molecule has 0 aliphatic carbocycles. The Labute approximate surface area is 133 Å². The van der Waals surface area contributed by atoms with Crippen LogP contribution in [0.4, 0.5) is 5.82 Å². The maximum Gasteiger partial charge on any atom is 0.129 e. The second-order valence-corrected chi connectivity index (χ2v) is 6.07. The molecule has 21 heavy (non-hydrogen) atoms. The van der Waals surface area contributed by atoms with Crippen molar-refractivity contribution in [2.24, 2.45) is 0 Å². The van der Waals surface area contributed by atoms with Gasteiger partial charge in [0.2, 0.25) is 0 Å². The summed E-state index contributed by atoms with van der Waals surface area (Å²) in [6.07, 6.45) is 1.21. The van der Waals surface area contributed by atoms with Crippen molar-refractivity contribution in [3.05, 3.63) is 22.8 Å². The van der Waals surface area contributed by atoms with Crippen LogP contribution in [0, 0.1) is 0 Å². The Bertz CT molecular complexity index is 444. The van der Waals surface area contributed by atoms with Crippen LogP contribution in [0.25, 0.3) is 0 Å². The molecule has 2 heterocycles. The van der Waals surface area contributed by atoms with Crippen molar-refractivity contribution in [3.63, 3.8) is 0 Å². The molecule has 1 fully saturated rings. The van der Waals surface area contributed by atoms with Crippen molar-refractivity contribution >= 4 is 17.4 Å². The average molecular weight is 311 g/mol. The third kappa shape index (κ3) is 4.31. The second-order valence-electron chi connectivity index (χ2n) is 5.66. The van der Waals surface area contributed by atoms with Gasteiger partial charge in [-0.1, -0.05) is 25.4 Å². The van der Waals surface area contributed by atoms with Crippen molar-refractivity contribution in [2.75, 3.05) is 37.6 Å². The fraction of sp³-hybridized carbons (Fsp3) is 0.688. The van der Waals surface area contributed by atoms with Crippen molar-refractivity contribution in [1.29, 1.82) is 0 Å². The van der Waals surface area contributed by atoms with Gasteiger partial charge in [-0.3, -0.25) is 4.90 Å². The summed E-state index contributed by atoms with van der Waals surface area (Å²) in [7, 11) is 0. The zero-order valence-corrected chi connectivity index (χ0v) is 14.2. The highest BCUT2D eigenvalue weighted by Crippen LogP contribution is 2.21. The van der Waals surface area contributed by atoms with Gasteiger partial charge in [0.1, 0.15) is 5.82 Å². The van der Waals surface area contributed by atoms with Gasteiger partial charge in [-0.2, -0.15) is 0 Å². The molecule has 0 aromatic carbocycles. The van der Waals surface area contributed by atoms with E-state index in [4.69, 9.17) is 16.6 Å². The minimum atomic E-state index is 0.676. The van der Waals surface area contributed by atoms with E-state index in [-0.39, 0.29) is 0 Å². The molecule has 1 saturated heterocycles. The maximum absolute atomic E-state index is 6.23. The summed E-state index contributed by atoms with van der Waals surface area (Å²) in [5.74, 6) is 1.05. The first-order chi connectivity index (χ1) is 10.2. The SMILES string of the molecule is CCNCc1nc(N2CCN(C(C)CC)CC2)ccc1Cl. The monoisotopic (exact) mass is 310 g/mol. The Kier molecular flexibility index (Phi) is 6.27. The van der Waals surface area contributed by atoms with E-state index in [1.807, 2.05) is 12.1 Å². The zero-order chi connectivity index (χ0) is 15.2. The number of pyridine rings is 1. The molecule has 0 amide bonds. The fourth-order valence-corrected chi connectivity index (χ4v) is 2.84. The molecule has 0 saturated carbocycles. The number of rotatable bonds is 6. The molecule has 1 aliphatic rings. The molecular weight excluding hydrogens is 284 g/mol. The van der Waals surface area contributed by atoms with Gasteiger partial charge in [0, 0.05) is 38.8 Å². The lowest BCUT2D eigenvalue weighted by Gasteiger charge is -2.38. The molecule has 1 N–H and O–H groups in total. The topological polar surface area (TPSA) is 31.4 Å². The summed E-state index contributed by atoms with van der Waals surface area (Å²) >= 11 is 6.23. The third-order valence-electron chi connectivity index (χ3n) is 4.30. The molecule has 5 heteroatoms. The zero-order valence-electron chi connectivity index (χ0n) is 13.4. The Morgan fingerprint density at radius 1 is 1.24 bits per heavy atom. The Balaban J connectivity index is 1.99. The van der Waals surface area contributed by atoms with Crippen molar-refractivity contribution in [2.45, 2.75) is 39.8 Å². The molecule has 118 valence electrons. The number of halogens is 1. The molecule has 1 aromatic rings. The van der Waals surface area contributed by atoms with Crippen LogP contribution in [-0.4, -0.2) is 48.6 Å². The Morgan fingerprint density at radius 2 is 1.95 bits per heavy atom. The van der Waals surface area contributed by atoms with E-state index in [9.17, 15) is 0 Å². The lowest BCUT2D eigenvalue weighted by molar-refractivity contribution is 0.192. The number of nitrogens with one attached hydrogen (secondary N) is 1. The van der Waals surface area contributed by atoms with E-state index in [1.165, 1.54) is 6.42 Å². The van der Waals surface area contributed by atoms with E-state index in [1.54, 1.807) is 0 Å². The van der Waals surface area contributed by atoms with Crippen LogP contribution in [0.15, 0.2) is 12.1 Å². The van der Waals surface area contributed by atoms with Crippen molar-refractivity contribution in [3.8, 4) is 0 Å².